The predicted octanol–water partition coefficient (Wildman–Crippen LogP) is 3.40. The zero-order valence-corrected chi connectivity index (χ0v) is 10.5. The molecule has 2 aromatic carbocycles. The molecule has 3 aromatic rings. The Morgan fingerprint density at radius 3 is 2.33 bits per heavy atom. The van der Waals surface area contributed by atoms with Crippen molar-refractivity contribution in [3.05, 3.63) is 53.8 Å². The third-order valence-electron chi connectivity index (χ3n) is 2.86. The number of rotatable bonds is 2. The van der Waals surface area contributed by atoms with E-state index in [-0.39, 0.29) is 17.3 Å². The van der Waals surface area contributed by atoms with E-state index in [1.165, 1.54) is 0 Å². The first-order valence-electron chi connectivity index (χ1n) is 5.90. The molecule has 3 rings (SSSR count). The molecule has 1 heterocycles. The van der Waals surface area contributed by atoms with Crippen LogP contribution >= 0.6 is 0 Å². The van der Waals surface area contributed by atoms with Crippen LogP contribution < -0.4 is 5.73 Å². The maximum atomic E-state index is 13.7. The fourth-order valence-electron chi connectivity index (χ4n) is 1.77. The second-order valence-electron chi connectivity index (χ2n) is 4.27. The highest BCUT2D eigenvalue weighted by molar-refractivity contribution is 5.62. The number of nitrogens with zero attached hydrogens (tertiary/aromatic N) is 2. The molecular weight excluding hydrogens is 283 g/mol. The van der Waals surface area contributed by atoms with Crippen molar-refractivity contribution in [3.8, 4) is 22.8 Å². The highest BCUT2D eigenvalue weighted by Gasteiger charge is 2.19. The van der Waals surface area contributed by atoms with Crippen LogP contribution in [-0.4, -0.2) is 10.1 Å². The van der Waals surface area contributed by atoms with Crippen molar-refractivity contribution in [2.45, 2.75) is 0 Å². The lowest BCUT2D eigenvalue weighted by Gasteiger charge is -1.99. The molecule has 0 spiro atoms. The monoisotopic (exact) mass is 291 g/mol. The van der Waals surface area contributed by atoms with E-state index in [9.17, 15) is 13.2 Å². The Kier molecular flexibility index (Phi) is 3.09. The number of hydrogen-bond acceptors (Lipinski definition) is 4. The fourth-order valence-corrected chi connectivity index (χ4v) is 1.77. The topological polar surface area (TPSA) is 64.9 Å². The summed E-state index contributed by atoms with van der Waals surface area (Å²) in [7, 11) is 0. The van der Waals surface area contributed by atoms with Crippen LogP contribution in [-0.2, 0) is 0 Å². The molecule has 0 fully saturated rings. The predicted molar refractivity (Wildman–Crippen MR) is 69.5 cm³/mol. The molecule has 0 amide bonds. The van der Waals surface area contributed by atoms with Crippen LogP contribution in [0.15, 0.2) is 40.9 Å². The van der Waals surface area contributed by atoms with E-state index in [0.29, 0.717) is 11.3 Å². The highest BCUT2D eigenvalue weighted by Crippen LogP contribution is 2.27. The van der Waals surface area contributed by atoms with E-state index in [4.69, 9.17) is 10.3 Å². The average Bonchev–Trinajstić information content (AvgIpc) is 2.95. The third-order valence-corrected chi connectivity index (χ3v) is 2.86. The van der Waals surface area contributed by atoms with Gasteiger partial charge in [-0.05, 0) is 36.4 Å². The van der Waals surface area contributed by atoms with Crippen LogP contribution in [0.3, 0.4) is 0 Å². The zero-order valence-electron chi connectivity index (χ0n) is 10.5. The van der Waals surface area contributed by atoms with Crippen LogP contribution in [0.4, 0.5) is 18.9 Å². The summed E-state index contributed by atoms with van der Waals surface area (Å²) in [6, 6.07) is 8.43. The first-order chi connectivity index (χ1) is 10.1. The summed E-state index contributed by atoms with van der Waals surface area (Å²) < 4.78 is 44.6. The molecule has 4 nitrogen and oxygen atoms in total. The lowest BCUT2D eigenvalue weighted by Crippen LogP contribution is -1.94. The largest absolute Gasteiger partial charge is 0.399 e. The smallest absolute Gasteiger partial charge is 0.261 e. The van der Waals surface area contributed by atoms with Gasteiger partial charge in [0.05, 0.1) is 5.56 Å². The van der Waals surface area contributed by atoms with Gasteiger partial charge >= 0.3 is 0 Å². The Morgan fingerprint density at radius 1 is 0.905 bits per heavy atom. The van der Waals surface area contributed by atoms with Crippen molar-refractivity contribution < 1.29 is 17.7 Å². The normalized spacial score (nSPS) is 10.8. The van der Waals surface area contributed by atoms with Crippen LogP contribution in [0.5, 0.6) is 0 Å². The molecule has 0 bridgehead atoms. The first kappa shape index (κ1) is 13.2. The van der Waals surface area contributed by atoms with Crippen molar-refractivity contribution >= 4 is 5.69 Å². The minimum absolute atomic E-state index is 0.189. The number of anilines is 1. The van der Waals surface area contributed by atoms with Gasteiger partial charge in [-0.1, -0.05) is 5.16 Å². The van der Waals surface area contributed by atoms with Gasteiger partial charge in [0.2, 0.25) is 5.82 Å². The van der Waals surface area contributed by atoms with Crippen molar-refractivity contribution in [1.82, 2.24) is 10.1 Å². The van der Waals surface area contributed by atoms with Gasteiger partial charge in [-0.25, -0.2) is 13.2 Å². The Bertz CT molecular complexity index is 800. The molecular formula is C14H8F3N3O. The van der Waals surface area contributed by atoms with E-state index < -0.39 is 17.5 Å². The summed E-state index contributed by atoms with van der Waals surface area (Å²) in [6.45, 7) is 0. The summed E-state index contributed by atoms with van der Waals surface area (Å²) in [4.78, 5) is 3.96. The van der Waals surface area contributed by atoms with Gasteiger partial charge in [-0.2, -0.15) is 4.98 Å². The average molecular weight is 291 g/mol. The van der Waals surface area contributed by atoms with E-state index in [0.717, 1.165) is 12.1 Å². The lowest BCUT2D eigenvalue weighted by atomic mass is 10.2. The molecule has 7 heteroatoms. The Hall–Kier alpha value is -2.83. The van der Waals surface area contributed by atoms with E-state index in [2.05, 4.69) is 10.1 Å². The van der Waals surface area contributed by atoms with Crippen LogP contribution in [0.25, 0.3) is 22.8 Å². The van der Waals surface area contributed by atoms with Gasteiger partial charge in [0, 0.05) is 11.3 Å². The van der Waals surface area contributed by atoms with Gasteiger partial charge in [0.25, 0.3) is 5.89 Å². The Balaban J connectivity index is 2.03. The first-order valence-corrected chi connectivity index (χ1v) is 5.90. The Morgan fingerprint density at radius 2 is 1.62 bits per heavy atom. The lowest BCUT2D eigenvalue weighted by molar-refractivity contribution is 0.420. The van der Waals surface area contributed by atoms with Crippen LogP contribution in [0, 0.1) is 17.5 Å². The molecule has 106 valence electrons. The molecule has 2 N–H and O–H groups in total. The summed E-state index contributed by atoms with van der Waals surface area (Å²) >= 11 is 0. The highest BCUT2D eigenvalue weighted by atomic mass is 19.2. The molecule has 0 saturated carbocycles. The van der Waals surface area contributed by atoms with E-state index in [1.54, 1.807) is 24.3 Å². The third kappa shape index (κ3) is 2.33. The molecule has 0 atom stereocenters. The molecule has 0 saturated heterocycles. The molecule has 0 unspecified atom stereocenters. The number of nitrogen functional groups attached to an aromatic ring is 1. The van der Waals surface area contributed by atoms with Crippen molar-refractivity contribution in [2.75, 3.05) is 5.73 Å². The SMILES string of the molecule is Nc1ccc(-c2noc(-c3ccc(F)c(F)c3F)n2)cc1. The second-order valence-corrected chi connectivity index (χ2v) is 4.27. The summed E-state index contributed by atoms with van der Waals surface area (Å²) in [5, 5.41) is 3.68. The Labute approximate surface area is 117 Å². The number of nitrogens with two attached hydrogens (primary N) is 1. The number of benzene rings is 2. The molecule has 0 aliphatic rings. The van der Waals surface area contributed by atoms with E-state index >= 15 is 0 Å². The maximum Gasteiger partial charge on any atom is 0.261 e. The number of hydrogen-bond donors (Lipinski definition) is 1. The minimum atomic E-state index is -1.58. The maximum absolute atomic E-state index is 13.7. The van der Waals surface area contributed by atoms with Crippen molar-refractivity contribution in [2.24, 2.45) is 0 Å². The van der Waals surface area contributed by atoms with Crippen molar-refractivity contribution in [3.63, 3.8) is 0 Å². The van der Waals surface area contributed by atoms with Gasteiger partial charge in [0.1, 0.15) is 0 Å². The summed E-state index contributed by atoms with van der Waals surface area (Å²) in [6.07, 6.45) is 0. The fraction of sp³-hybridized carbons (Fsp3) is 0. The second kappa shape index (κ2) is 4.93. The molecule has 0 radical (unpaired) electrons. The summed E-state index contributed by atoms with van der Waals surface area (Å²) in [5.41, 5.74) is 6.42. The quantitative estimate of drug-likeness (QED) is 0.580. The van der Waals surface area contributed by atoms with Crippen molar-refractivity contribution in [1.29, 1.82) is 0 Å². The van der Waals surface area contributed by atoms with Gasteiger partial charge in [0.15, 0.2) is 17.5 Å². The number of halogens is 3. The molecule has 1 aromatic heterocycles. The van der Waals surface area contributed by atoms with Gasteiger partial charge in [-0.15, -0.1) is 0 Å². The molecule has 0 aliphatic carbocycles. The summed E-state index contributed by atoms with van der Waals surface area (Å²) in [5.74, 6) is -4.29. The van der Waals surface area contributed by atoms with Crippen LogP contribution in [0.1, 0.15) is 0 Å². The number of aromatic nitrogens is 2. The van der Waals surface area contributed by atoms with E-state index in [1.807, 2.05) is 0 Å². The minimum Gasteiger partial charge on any atom is -0.399 e. The molecule has 0 aliphatic heterocycles. The van der Waals surface area contributed by atoms with Crippen LogP contribution in [0.2, 0.25) is 0 Å². The van der Waals surface area contributed by atoms with Gasteiger partial charge in [-0.3, -0.25) is 0 Å². The van der Waals surface area contributed by atoms with Gasteiger partial charge < -0.3 is 10.3 Å². The zero-order chi connectivity index (χ0) is 15.0. The standard InChI is InChI=1S/C14H8F3N3O/c15-10-6-5-9(11(16)12(10)17)14-19-13(20-21-14)7-1-3-8(18)4-2-7/h1-6H,18H2. The molecule has 21 heavy (non-hydrogen) atoms.